The van der Waals surface area contributed by atoms with Crippen molar-refractivity contribution >= 4 is 39.3 Å². The highest BCUT2D eigenvalue weighted by Gasteiger charge is 2.09. The van der Waals surface area contributed by atoms with E-state index < -0.39 is 0 Å². The Balaban J connectivity index is 1.39. The molecule has 0 atom stereocenters. The van der Waals surface area contributed by atoms with Crippen molar-refractivity contribution in [1.82, 2.24) is 25.3 Å². The molecule has 0 spiro atoms. The van der Waals surface area contributed by atoms with Crippen molar-refractivity contribution in [2.45, 2.75) is 0 Å². The number of hydrogen-bond donors (Lipinski definition) is 2. The molecule has 0 aliphatic heterocycles. The van der Waals surface area contributed by atoms with Crippen LogP contribution < -0.4 is 15.4 Å². The lowest BCUT2D eigenvalue weighted by molar-refractivity contribution is 0.0958. The zero-order valence-electron chi connectivity index (χ0n) is 17.1. The van der Waals surface area contributed by atoms with Crippen molar-refractivity contribution in [3.63, 3.8) is 0 Å². The molecular weight excluding hydrogens is 404 g/mol. The summed E-state index contributed by atoms with van der Waals surface area (Å²) in [7, 11) is 1.56. The van der Waals surface area contributed by atoms with Gasteiger partial charge < -0.3 is 15.4 Å². The molecule has 3 aromatic heterocycles. The quantitative estimate of drug-likeness (QED) is 0.431. The van der Waals surface area contributed by atoms with Gasteiger partial charge in [0.15, 0.2) is 0 Å². The maximum absolute atomic E-state index is 11.8. The molecule has 0 radical (unpaired) electrons. The maximum Gasteiger partial charge on any atom is 0.269 e. The average Bonchev–Trinajstić information content (AvgIpc) is 2.84. The number of carbonyl (C=O) groups is 1. The van der Waals surface area contributed by atoms with E-state index in [1.807, 2.05) is 48.5 Å². The molecule has 0 bridgehead atoms. The number of aromatic nitrogens is 4. The van der Waals surface area contributed by atoms with Crippen molar-refractivity contribution < 1.29 is 9.53 Å². The van der Waals surface area contributed by atoms with Crippen molar-refractivity contribution in [3.8, 4) is 11.5 Å². The molecule has 0 unspecified atom stereocenters. The van der Waals surface area contributed by atoms with Gasteiger partial charge in [0, 0.05) is 42.5 Å². The predicted octanol–water partition coefficient (Wildman–Crippen LogP) is 4.47. The lowest BCUT2D eigenvalue weighted by atomic mass is 10.1. The fourth-order valence-electron chi connectivity index (χ4n) is 3.32. The molecule has 0 fully saturated rings. The van der Waals surface area contributed by atoms with Crippen LogP contribution in [0.25, 0.3) is 21.7 Å². The highest BCUT2D eigenvalue weighted by atomic mass is 16.5. The number of fused-ring (bicyclic) bond motifs is 2. The number of pyridine rings is 2. The van der Waals surface area contributed by atoms with Crippen LogP contribution in [0.5, 0.6) is 11.5 Å². The number of benzene rings is 2. The van der Waals surface area contributed by atoms with Gasteiger partial charge in [0.2, 0.25) is 5.95 Å². The molecule has 0 aliphatic rings. The van der Waals surface area contributed by atoms with Crippen molar-refractivity contribution in [1.29, 1.82) is 0 Å². The van der Waals surface area contributed by atoms with E-state index in [9.17, 15) is 4.79 Å². The molecular formula is C24H18N6O2. The maximum atomic E-state index is 11.8. The van der Waals surface area contributed by atoms with Crippen molar-refractivity contribution in [3.05, 3.63) is 84.9 Å². The lowest BCUT2D eigenvalue weighted by Crippen LogP contribution is -2.18. The van der Waals surface area contributed by atoms with Gasteiger partial charge in [-0.05, 0) is 35.7 Å². The third kappa shape index (κ3) is 3.89. The van der Waals surface area contributed by atoms with Gasteiger partial charge in [-0.2, -0.15) is 0 Å². The summed E-state index contributed by atoms with van der Waals surface area (Å²) in [5, 5.41) is 8.65. The summed E-state index contributed by atoms with van der Waals surface area (Å²) < 4.78 is 5.89. The van der Waals surface area contributed by atoms with Gasteiger partial charge in [-0.25, -0.2) is 15.0 Å². The second kappa shape index (κ2) is 8.27. The first-order valence-corrected chi connectivity index (χ1v) is 9.93. The molecule has 5 rings (SSSR count). The van der Waals surface area contributed by atoms with Gasteiger partial charge in [0.1, 0.15) is 23.0 Å². The van der Waals surface area contributed by atoms with Crippen LogP contribution in [0.15, 0.2) is 79.3 Å². The molecule has 5 aromatic rings. The fourth-order valence-corrected chi connectivity index (χ4v) is 3.32. The topological polar surface area (TPSA) is 102 Å². The van der Waals surface area contributed by atoms with E-state index in [4.69, 9.17) is 4.74 Å². The molecule has 0 saturated carbocycles. The number of carbonyl (C=O) groups excluding carboxylic acids is 1. The summed E-state index contributed by atoms with van der Waals surface area (Å²) in [6, 6.07) is 18.8. The molecule has 32 heavy (non-hydrogen) atoms. The first-order chi connectivity index (χ1) is 15.7. The number of nitrogens with zero attached hydrogens (tertiary/aromatic N) is 4. The zero-order valence-corrected chi connectivity index (χ0v) is 17.1. The highest BCUT2D eigenvalue weighted by molar-refractivity contribution is 5.93. The number of rotatable bonds is 5. The summed E-state index contributed by atoms with van der Waals surface area (Å²) >= 11 is 0. The summed E-state index contributed by atoms with van der Waals surface area (Å²) in [6.07, 6.45) is 5.01. The summed E-state index contributed by atoms with van der Waals surface area (Å²) in [5.41, 5.74) is 1.04. The van der Waals surface area contributed by atoms with Gasteiger partial charge in [0.05, 0.1) is 5.52 Å². The van der Waals surface area contributed by atoms with E-state index in [0.717, 1.165) is 21.7 Å². The molecule has 2 N–H and O–H groups in total. The Labute approximate surface area is 183 Å². The number of ether oxygens (including phenoxy) is 1. The van der Waals surface area contributed by atoms with E-state index in [0.29, 0.717) is 23.3 Å². The first-order valence-electron chi connectivity index (χ1n) is 9.93. The Morgan fingerprint density at radius 3 is 2.62 bits per heavy atom. The van der Waals surface area contributed by atoms with Crippen LogP contribution in [0.1, 0.15) is 10.5 Å². The monoisotopic (exact) mass is 422 g/mol. The Morgan fingerprint density at radius 2 is 1.72 bits per heavy atom. The van der Waals surface area contributed by atoms with Gasteiger partial charge in [-0.3, -0.25) is 9.78 Å². The lowest BCUT2D eigenvalue weighted by Gasteiger charge is -2.09. The minimum Gasteiger partial charge on any atom is -0.457 e. The van der Waals surface area contributed by atoms with E-state index in [1.165, 1.54) is 6.20 Å². The van der Waals surface area contributed by atoms with Crippen molar-refractivity contribution in [2.24, 2.45) is 0 Å². The third-order valence-electron chi connectivity index (χ3n) is 4.88. The fraction of sp³-hybridized carbons (Fsp3) is 0.0417. The molecule has 8 heteroatoms. The molecule has 8 nitrogen and oxygen atoms in total. The number of amides is 1. The van der Waals surface area contributed by atoms with E-state index in [2.05, 4.69) is 30.6 Å². The third-order valence-corrected chi connectivity index (χ3v) is 4.88. The van der Waals surface area contributed by atoms with E-state index >= 15 is 0 Å². The average molecular weight is 422 g/mol. The Kier molecular flexibility index (Phi) is 5.01. The smallest absolute Gasteiger partial charge is 0.269 e. The van der Waals surface area contributed by atoms with Crippen LogP contribution in [-0.4, -0.2) is 32.9 Å². The van der Waals surface area contributed by atoms with E-state index in [1.54, 1.807) is 31.6 Å². The van der Waals surface area contributed by atoms with Crippen LogP contribution in [0.4, 0.5) is 11.8 Å². The highest BCUT2D eigenvalue weighted by Crippen LogP contribution is 2.27. The summed E-state index contributed by atoms with van der Waals surface area (Å²) in [6.45, 7) is 0. The van der Waals surface area contributed by atoms with Crippen LogP contribution in [0, 0.1) is 0 Å². The Bertz CT molecular complexity index is 1450. The van der Waals surface area contributed by atoms with Gasteiger partial charge in [-0.1, -0.05) is 24.3 Å². The molecule has 2 aromatic carbocycles. The predicted molar refractivity (Wildman–Crippen MR) is 122 cm³/mol. The molecule has 1 amide bonds. The number of hydrogen-bond acceptors (Lipinski definition) is 7. The molecule has 156 valence electrons. The second-order valence-corrected chi connectivity index (χ2v) is 6.98. The van der Waals surface area contributed by atoms with Crippen LogP contribution >= 0.6 is 0 Å². The Hall–Kier alpha value is -4.59. The summed E-state index contributed by atoms with van der Waals surface area (Å²) in [4.78, 5) is 29.3. The molecule has 0 aliphatic carbocycles. The largest absolute Gasteiger partial charge is 0.457 e. The second-order valence-electron chi connectivity index (χ2n) is 6.98. The normalized spacial score (nSPS) is 10.8. The van der Waals surface area contributed by atoms with Gasteiger partial charge in [0.25, 0.3) is 5.91 Å². The van der Waals surface area contributed by atoms with Gasteiger partial charge in [-0.15, -0.1) is 0 Å². The van der Waals surface area contributed by atoms with Crippen LogP contribution in [0.3, 0.4) is 0 Å². The van der Waals surface area contributed by atoms with E-state index in [-0.39, 0.29) is 11.6 Å². The van der Waals surface area contributed by atoms with Crippen molar-refractivity contribution in [2.75, 3.05) is 12.4 Å². The molecule has 3 heterocycles. The number of nitrogens with one attached hydrogen (secondary N) is 2. The SMILES string of the molecule is CNC(=O)c1cc(Oc2ccc3nc(Nc4nccc5ccccc45)ncc3c2)ccn1. The zero-order chi connectivity index (χ0) is 21.9. The Morgan fingerprint density at radius 1 is 0.875 bits per heavy atom. The van der Waals surface area contributed by atoms with Gasteiger partial charge >= 0.3 is 0 Å². The standard InChI is InChI=1S/C24H18N6O2/c1-25-23(31)21-13-18(9-11-26-21)32-17-6-7-20-16(12-17)14-28-24(29-20)30-22-19-5-3-2-4-15(19)8-10-27-22/h2-14H,1H3,(H,25,31)(H,27,28,29,30). The van der Waals surface area contributed by atoms with Crippen LogP contribution in [0.2, 0.25) is 0 Å². The summed E-state index contributed by atoms with van der Waals surface area (Å²) in [5.74, 6) is 2.00. The molecule has 0 saturated heterocycles. The van der Waals surface area contributed by atoms with Crippen LogP contribution in [-0.2, 0) is 0 Å². The first kappa shape index (κ1) is 19.4. The minimum absolute atomic E-state index is 0.275. The minimum atomic E-state index is -0.275. The number of anilines is 2.